The van der Waals surface area contributed by atoms with Gasteiger partial charge in [-0.3, -0.25) is 14.4 Å². The Hall–Kier alpha value is -3.09. The normalized spacial score (nSPS) is 14.7. The molecule has 2 aromatic rings. The van der Waals surface area contributed by atoms with Crippen LogP contribution < -0.4 is 10.6 Å². The quantitative estimate of drug-likeness (QED) is 0.857. The second-order valence-electron chi connectivity index (χ2n) is 6.21. The van der Waals surface area contributed by atoms with Crippen molar-refractivity contribution in [2.45, 2.75) is 12.8 Å². The number of nitrogens with zero attached hydrogens (tertiary/aromatic N) is 1. The molecule has 0 saturated carbocycles. The zero-order chi connectivity index (χ0) is 18.4. The van der Waals surface area contributed by atoms with Crippen LogP contribution in [0.2, 0.25) is 0 Å². The molecule has 26 heavy (non-hydrogen) atoms. The van der Waals surface area contributed by atoms with Crippen LogP contribution in [0.1, 0.15) is 23.2 Å². The van der Waals surface area contributed by atoms with Gasteiger partial charge in [-0.1, -0.05) is 18.2 Å². The minimum Gasteiger partial charge on any atom is -0.472 e. The molecule has 1 fully saturated rings. The molecule has 1 saturated heterocycles. The predicted molar refractivity (Wildman–Crippen MR) is 95.4 cm³/mol. The fourth-order valence-corrected chi connectivity index (χ4v) is 2.92. The summed E-state index contributed by atoms with van der Waals surface area (Å²) in [5, 5.41) is 5.48. The molecule has 0 radical (unpaired) electrons. The molecule has 2 heterocycles. The number of para-hydroxylation sites is 1. The fraction of sp³-hybridized carbons (Fsp3) is 0.316. The summed E-state index contributed by atoms with van der Waals surface area (Å²) in [4.78, 5) is 38.0. The van der Waals surface area contributed by atoms with Crippen LogP contribution in [0, 0.1) is 5.92 Å². The van der Waals surface area contributed by atoms with Crippen molar-refractivity contribution in [3.8, 4) is 0 Å². The number of amides is 3. The summed E-state index contributed by atoms with van der Waals surface area (Å²) >= 11 is 0. The minimum atomic E-state index is -0.343. The smallest absolute Gasteiger partial charge is 0.254 e. The van der Waals surface area contributed by atoms with Crippen LogP contribution in [0.25, 0.3) is 0 Å². The maximum Gasteiger partial charge on any atom is 0.254 e. The highest BCUT2D eigenvalue weighted by Gasteiger charge is 2.27. The number of hydrogen-bond donors (Lipinski definition) is 2. The molecule has 7 heteroatoms. The fourth-order valence-electron chi connectivity index (χ4n) is 2.92. The standard InChI is InChI=1S/C19H21N3O4/c23-17(12-20-18(24)15-8-11-26-13-15)22-9-6-14(7-10-22)19(25)21-16-4-2-1-3-5-16/h1-5,8,11,13-14H,6-7,9-10,12H2,(H,20,24)(H,21,25). The number of furan rings is 1. The summed E-state index contributed by atoms with van der Waals surface area (Å²) in [7, 11) is 0. The van der Waals surface area contributed by atoms with Gasteiger partial charge in [0.15, 0.2) is 0 Å². The Morgan fingerprint density at radius 3 is 2.46 bits per heavy atom. The van der Waals surface area contributed by atoms with Crippen LogP contribution in [-0.4, -0.2) is 42.3 Å². The molecule has 1 aliphatic heterocycles. The van der Waals surface area contributed by atoms with Gasteiger partial charge < -0.3 is 20.0 Å². The zero-order valence-corrected chi connectivity index (χ0v) is 14.3. The average Bonchev–Trinajstić information content (AvgIpc) is 3.21. The van der Waals surface area contributed by atoms with Crippen LogP contribution in [-0.2, 0) is 9.59 Å². The summed E-state index contributed by atoms with van der Waals surface area (Å²) in [5.74, 6) is -0.621. The number of rotatable bonds is 5. The van der Waals surface area contributed by atoms with Crippen LogP contribution in [0.4, 0.5) is 5.69 Å². The van der Waals surface area contributed by atoms with Gasteiger partial charge in [-0.2, -0.15) is 0 Å². The molecule has 0 spiro atoms. The number of piperidine rings is 1. The summed E-state index contributed by atoms with van der Waals surface area (Å²) < 4.78 is 4.84. The Labute approximate surface area is 151 Å². The van der Waals surface area contributed by atoms with Gasteiger partial charge in [-0.05, 0) is 31.0 Å². The Kier molecular flexibility index (Phi) is 5.68. The van der Waals surface area contributed by atoms with E-state index in [-0.39, 0.29) is 30.2 Å². The third-order valence-electron chi connectivity index (χ3n) is 4.44. The lowest BCUT2D eigenvalue weighted by Gasteiger charge is -2.31. The predicted octanol–water partition coefficient (Wildman–Crippen LogP) is 1.89. The highest BCUT2D eigenvalue weighted by molar-refractivity contribution is 5.96. The number of carbonyl (C=O) groups is 3. The highest BCUT2D eigenvalue weighted by Crippen LogP contribution is 2.19. The third kappa shape index (κ3) is 4.50. The van der Waals surface area contributed by atoms with E-state index >= 15 is 0 Å². The van der Waals surface area contributed by atoms with Gasteiger partial charge >= 0.3 is 0 Å². The molecule has 0 unspecified atom stereocenters. The maximum absolute atomic E-state index is 12.3. The topological polar surface area (TPSA) is 91.7 Å². The lowest BCUT2D eigenvalue weighted by atomic mass is 9.95. The Bertz CT molecular complexity index is 750. The second kappa shape index (κ2) is 8.33. The number of anilines is 1. The van der Waals surface area contributed by atoms with Crippen LogP contribution in [0.15, 0.2) is 53.3 Å². The highest BCUT2D eigenvalue weighted by atomic mass is 16.3. The van der Waals surface area contributed by atoms with E-state index in [1.807, 2.05) is 30.3 Å². The van der Waals surface area contributed by atoms with Crippen LogP contribution in [0.3, 0.4) is 0 Å². The van der Waals surface area contributed by atoms with Gasteiger partial charge in [0.05, 0.1) is 18.4 Å². The molecule has 3 amide bonds. The van der Waals surface area contributed by atoms with Crippen molar-refractivity contribution < 1.29 is 18.8 Å². The summed E-state index contributed by atoms with van der Waals surface area (Å²) in [6.07, 6.45) is 3.96. The Morgan fingerprint density at radius 2 is 1.81 bits per heavy atom. The van der Waals surface area contributed by atoms with Gasteiger partial charge in [0.2, 0.25) is 11.8 Å². The second-order valence-corrected chi connectivity index (χ2v) is 6.21. The van der Waals surface area contributed by atoms with E-state index in [0.29, 0.717) is 31.5 Å². The molecule has 0 atom stereocenters. The average molecular weight is 355 g/mol. The zero-order valence-electron chi connectivity index (χ0n) is 14.3. The minimum absolute atomic E-state index is 0.0171. The van der Waals surface area contributed by atoms with E-state index < -0.39 is 0 Å². The van der Waals surface area contributed by atoms with Crippen LogP contribution >= 0.6 is 0 Å². The van der Waals surface area contributed by atoms with Gasteiger partial charge in [-0.25, -0.2) is 0 Å². The van der Waals surface area contributed by atoms with E-state index in [1.165, 1.54) is 18.6 Å². The molecule has 1 aromatic carbocycles. The van der Waals surface area contributed by atoms with Crippen LogP contribution in [0.5, 0.6) is 0 Å². The number of hydrogen-bond acceptors (Lipinski definition) is 4. The largest absolute Gasteiger partial charge is 0.472 e. The molecule has 0 bridgehead atoms. The lowest BCUT2D eigenvalue weighted by Crippen LogP contribution is -2.45. The molecule has 1 aliphatic rings. The SMILES string of the molecule is O=C(NCC(=O)N1CCC(C(=O)Nc2ccccc2)CC1)c1ccoc1. The van der Waals surface area contributed by atoms with Crippen molar-refractivity contribution in [3.63, 3.8) is 0 Å². The van der Waals surface area contributed by atoms with E-state index in [2.05, 4.69) is 10.6 Å². The first-order chi connectivity index (χ1) is 12.6. The monoisotopic (exact) mass is 355 g/mol. The maximum atomic E-state index is 12.3. The lowest BCUT2D eigenvalue weighted by molar-refractivity contribution is -0.133. The van der Waals surface area contributed by atoms with E-state index in [0.717, 1.165) is 5.69 Å². The molecule has 7 nitrogen and oxygen atoms in total. The van der Waals surface area contributed by atoms with Gasteiger partial charge in [0.1, 0.15) is 6.26 Å². The Morgan fingerprint density at radius 1 is 1.08 bits per heavy atom. The van der Waals surface area contributed by atoms with Crippen molar-refractivity contribution in [3.05, 3.63) is 54.5 Å². The van der Waals surface area contributed by atoms with E-state index in [1.54, 1.807) is 4.90 Å². The van der Waals surface area contributed by atoms with Gasteiger partial charge in [0, 0.05) is 24.7 Å². The molecule has 136 valence electrons. The summed E-state index contributed by atoms with van der Waals surface area (Å²) in [5.41, 5.74) is 1.16. The summed E-state index contributed by atoms with van der Waals surface area (Å²) in [6, 6.07) is 10.9. The first-order valence-electron chi connectivity index (χ1n) is 8.57. The number of carbonyl (C=O) groups excluding carboxylic acids is 3. The number of likely N-dealkylation sites (tertiary alicyclic amines) is 1. The van der Waals surface area contributed by atoms with Crippen molar-refractivity contribution in [2.24, 2.45) is 5.92 Å². The van der Waals surface area contributed by atoms with E-state index in [4.69, 9.17) is 4.42 Å². The van der Waals surface area contributed by atoms with Crippen molar-refractivity contribution in [1.82, 2.24) is 10.2 Å². The molecule has 3 rings (SSSR count). The summed E-state index contributed by atoms with van der Waals surface area (Å²) in [6.45, 7) is 0.950. The van der Waals surface area contributed by atoms with Gasteiger partial charge in [0.25, 0.3) is 5.91 Å². The first-order valence-corrected chi connectivity index (χ1v) is 8.57. The molecule has 1 aromatic heterocycles. The van der Waals surface area contributed by atoms with Crippen molar-refractivity contribution in [1.29, 1.82) is 0 Å². The number of benzene rings is 1. The molecule has 2 N–H and O–H groups in total. The third-order valence-corrected chi connectivity index (χ3v) is 4.44. The van der Waals surface area contributed by atoms with E-state index in [9.17, 15) is 14.4 Å². The van der Waals surface area contributed by atoms with Crippen molar-refractivity contribution in [2.75, 3.05) is 25.0 Å². The van der Waals surface area contributed by atoms with Crippen molar-refractivity contribution >= 4 is 23.4 Å². The molecule has 0 aliphatic carbocycles. The Balaban J connectivity index is 1.42. The molecular weight excluding hydrogens is 334 g/mol. The number of nitrogens with one attached hydrogen (secondary N) is 2. The van der Waals surface area contributed by atoms with Gasteiger partial charge in [-0.15, -0.1) is 0 Å². The first kappa shape index (κ1) is 17.7. The molecular formula is C19H21N3O4.